The summed E-state index contributed by atoms with van der Waals surface area (Å²) in [6.45, 7) is 6.97. The molecule has 0 aliphatic heterocycles. The van der Waals surface area contributed by atoms with Crippen molar-refractivity contribution in [1.82, 2.24) is 5.32 Å². The zero-order chi connectivity index (χ0) is 8.43. The third kappa shape index (κ3) is 1.96. The van der Waals surface area contributed by atoms with Gasteiger partial charge in [0.25, 0.3) is 0 Å². The van der Waals surface area contributed by atoms with Crippen LogP contribution in [-0.2, 0) is 0 Å². The fourth-order valence-electron chi connectivity index (χ4n) is 1.90. The second-order valence-corrected chi connectivity index (χ2v) is 4.31. The summed E-state index contributed by atoms with van der Waals surface area (Å²) in [5.41, 5.74) is 0. The molecule has 0 aromatic heterocycles. The second-order valence-electron chi connectivity index (χ2n) is 4.31. The summed E-state index contributed by atoms with van der Waals surface area (Å²) in [5, 5.41) is 3.33. The molecule has 1 heteroatoms. The summed E-state index contributed by atoms with van der Waals surface area (Å²) >= 11 is 0. The molecule has 1 atom stereocenters. The summed E-state index contributed by atoms with van der Waals surface area (Å²) in [6, 6.07) is 0.727. The van der Waals surface area contributed by atoms with E-state index in [0.29, 0.717) is 0 Å². The Morgan fingerprint density at radius 1 is 1.09 bits per heavy atom. The van der Waals surface area contributed by atoms with Crippen LogP contribution in [0.5, 0.6) is 0 Å². The zero-order valence-corrected chi connectivity index (χ0v) is 8.22. The summed E-state index contributed by atoms with van der Waals surface area (Å²) < 4.78 is 0. The molecule has 0 aromatic rings. The molecular weight excluding hydrogens is 134 g/mol. The third-order valence-corrected chi connectivity index (χ3v) is 3.32. The van der Waals surface area contributed by atoms with Gasteiger partial charge in [-0.3, -0.25) is 0 Å². The first-order valence-electron chi connectivity index (χ1n) is 4.82. The molecule has 1 fully saturated rings. The maximum atomic E-state index is 3.33. The van der Waals surface area contributed by atoms with E-state index in [1.54, 1.807) is 0 Å². The maximum Gasteiger partial charge on any atom is 0.00642 e. The van der Waals surface area contributed by atoms with Crippen LogP contribution in [0.15, 0.2) is 0 Å². The standard InChI is InChI=1S/C10H21N/c1-7(2)9-5-10(6-9)8(3)11-4/h7-11H,5-6H2,1-4H3/t8-,9?,10?/m0/s1. The van der Waals surface area contributed by atoms with Crippen molar-refractivity contribution in [1.29, 1.82) is 0 Å². The van der Waals surface area contributed by atoms with Crippen molar-refractivity contribution >= 4 is 0 Å². The van der Waals surface area contributed by atoms with Gasteiger partial charge in [-0.2, -0.15) is 0 Å². The molecule has 0 spiro atoms. The molecule has 1 rings (SSSR count). The van der Waals surface area contributed by atoms with E-state index in [2.05, 4.69) is 33.1 Å². The molecule has 0 radical (unpaired) electrons. The molecule has 11 heavy (non-hydrogen) atoms. The van der Waals surface area contributed by atoms with Gasteiger partial charge in [-0.15, -0.1) is 0 Å². The predicted octanol–water partition coefficient (Wildman–Crippen LogP) is 2.28. The van der Waals surface area contributed by atoms with Crippen molar-refractivity contribution in [3.05, 3.63) is 0 Å². The average molecular weight is 155 g/mol. The Labute approximate surface area is 70.6 Å². The summed E-state index contributed by atoms with van der Waals surface area (Å²) in [6.07, 6.45) is 2.89. The van der Waals surface area contributed by atoms with Crippen molar-refractivity contribution in [3.8, 4) is 0 Å². The normalized spacial score (nSPS) is 33.5. The van der Waals surface area contributed by atoms with E-state index in [4.69, 9.17) is 0 Å². The van der Waals surface area contributed by atoms with Crippen LogP contribution in [-0.4, -0.2) is 13.1 Å². The summed E-state index contributed by atoms with van der Waals surface area (Å²) in [4.78, 5) is 0. The fourth-order valence-corrected chi connectivity index (χ4v) is 1.90. The van der Waals surface area contributed by atoms with Crippen LogP contribution in [0.1, 0.15) is 33.6 Å². The van der Waals surface area contributed by atoms with Gasteiger partial charge < -0.3 is 5.32 Å². The minimum Gasteiger partial charge on any atom is -0.317 e. The van der Waals surface area contributed by atoms with Crippen LogP contribution in [0.4, 0.5) is 0 Å². The Bertz CT molecular complexity index is 114. The molecule has 1 saturated carbocycles. The van der Waals surface area contributed by atoms with E-state index in [1.165, 1.54) is 12.8 Å². The first-order valence-corrected chi connectivity index (χ1v) is 4.82. The first-order chi connectivity index (χ1) is 5.15. The lowest BCUT2D eigenvalue weighted by atomic mass is 9.67. The molecule has 1 N–H and O–H groups in total. The van der Waals surface area contributed by atoms with Crippen molar-refractivity contribution < 1.29 is 0 Å². The Kier molecular flexibility index (Phi) is 2.94. The predicted molar refractivity (Wildman–Crippen MR) is 49.6 cm³/mol. The Balaban J connectivity index is 2.18. The lowest BCUT2D eigenvalue weighted by Gasteiger charge is -2.41. The maximum absolute atomic E-state index is 3.33. The van der Waals surface area contributed by atoms with Crippen LogP contribution < -0.4 is 5.32 Å². The highest BCUT2D eigenvalue weighted by atomic mass is 14.9. The van der Waals surface area contributed by atoms with Crippen LogP contribution >= 0.6 is 0 Å². The van der Waals surface area contributed by atoms with E-state index in [1.807, 2.05) is 0 Å². The van der Waals surface area contributed by atoms with Gasteiger partial charge in [0.2, 0.25) is 0 Å². The van der Waals surface area contributed by atoms with Crippen molar-refractivity contribution in [3.63, 3.8) is 0 Å². The van der Waals surface area contributed by atoms with Gasteiger partial charge >= 0.3 is 0 Å². The average Bonchev–Trinajstić information content (AvgIpc) is 1.83. The van der Waals surface area contributed by atoms with E-state index >= 15 is 0 Å². The Hall–Kier alpha value is -0.0400. The smallest absolute Gasteiger partial charge is 0.00642 e. The van der Waals surface area contributed by atoms with Crippen molar-refractivity contribution in [2.24, 2.45) is 17.8 Å². The molecule has 1 aliphatic rings. The second kappa shape index (κ2) is 3.57. The molecule has 0 saturated heterocycles. The monoisotopic (exact) mass is 155 g/mol. The summed E-state index contributed by atoms with van der Waals surface area (Å²) in [5.74, 6) is 2.86. The molecule has 66 valence electrons. The molecule has 0 unspecified atom stereocenters. The lowest BCUT2D eigenvalue weighted by Crippen LogP contribution is -2.40. The molecule has 1 nitrogen and oxygen atoms in total. The van der Waals surface area contributed by atoms with Crippen LogP contribution in [0, 0.1) is 17.8 Å². The molecule has 1 aliphatic carbocycles. The lowest BCUT2D eigenvalue weighted by molar-refractivity contribution is 0.113. The highest BCUT2D eigenvalue weighted by Gasteiger charge is 2.33. The van der Waals surface area contributed by atoms with Gasteiger partial charge in [0, 0.05) is 6.04 Å². The Morgan fingerprint density at radius 2 is 1.64 bits per heavy atom. The minimum absolute atomic E-state index is 0.727. The van der Waals surface area contributed by atoms with Gasteiger partial charge in [0.15, 0.2) is 0 Å². The Morgan fingerprint density at radius 3 is 2.00 bits per heavy atom. The van der Waals surface area contributed by atoms with Crippen LogP contribution in [0.3, 0.4) is 0 Å². The quantitative estimate of drug-likeness (QED) is 0.659. The number of hydrogen-bond acceptors (Lipinski definition) is 1. The largest absolute Gasteiger partial charge is 0.317 e. The van der Waals surface area contributed by atoms with E-state index < -0.39 is 0 Å². The number of nitrogens with one attached hydrogen (secondary N) is 1. The van der Waals surface area contributed by atoms with Gasteiger partial charge in [0.1, 0.15) is 0 Å². The number of rotatable bonds is 3. The highest BCUT2D eigenvalue weighted by Crippen LogP contribution is 2.40. The van der Waals surface area contributed by atoms with Crippen molar-refractivity contribution in [2.75, 3.05) is 7.05 Å². The van der Waals surface area contributed by atoms with E-state index in [-0.39, 0.29) is 0 Å². The highest BCUT2D eigenvalue weighted by molar-refractivity contribution is 4.86. The van der Waals surface area contributed by atoms with Gasteiger partial charge in [-0.05, 0) is 44.6 Å². The van der Waals surface area contributed by atoms with Gasteiger partial charge in [0.05, 0.1) is 0 Å². The molecule has 0 bridgehead atoms. The van der Waals surface area contributed by atoms with E-state index in [9.17, 15) is 0 Å². The zero-order valence-electron chi connectivity index (χ0n) is 8.22. The van der Waals surface area contributed by atoms with Gasteiger partial charge in [-0.25, -0.2) is 0 Å². The molecule has 0 aromatic carbocycles. The third-order valence-electron chi connectivity index (χ3n) is 3.32. The molecular formula is C10H21N. The van der Waals surface area contributed by atoms with E-state index in [0.717, 1.165) is 23.8 Å². The SMILES string of the molecule is CN[C@@H](C)C1CC(C(C)C)C1. The van der Waals surface area contributed by atoms with Crippen molar-refractivity contribution in [2.45, 2.75) is 39.7 Å². The minimum atomic E-state index is 0.727. The van der Waals surface area contributed by atoms with Crippen LogP contribution in [0.25, 0.3) is 0 Å². The van der Waals surface area contributed by atoms with Crippen LogP contribution in [0.2, 0.25) is 0 Å². The first kappa shape index (κ1) is 9.05. The van der Waals surface area contributed by atoms with Gasteiger partial charge in [-0.1, -0.05) is 13.8 Å². The summed E-state index contributed by atoms with van der Waals surface area (Å²) in [7, 11) is 2.06. The fraction of sp³-hybridized carbons (Fsp3) is 1.00. The topological polar surface area (TPSA) is 12.0 Å². The molecule has 0 amide bonds. The molecule has 0 heterocycles. The number of hydrogen-bond donors (Lipinski definition) is 1.